The van der Waals surface area contributed by atoms with Crippen molar-refractivity contribution in [1.29, 1.82) is 0 Å². The number of aryl methyl sites for hydroxylation is 1. The fourth-order valence-electron chi connectivity index (χ4n) is 5.60. The highest BCUT2D eigenvalue weighted by Crippen LogP contribution is 2.33. The zero-order chi connectivity index (χ0) is 24.2. The largest absolute Gasteiger partial charge is 0.362 e. The third kappa shape index (κ3) is 5.93. The van der Waals surface area contributed by atoms with Gasteiger partial charge >= 0.3 is 0 Å². The number of benzene rings is 1. The molecular weight excluding hydrogens is 426 g/mol. The van der Waals surface area contributed by atoms with Gasteiger partial charge in [-0.1, -0.05) is 11.6 Å². The van der Waals surface area contributed by atoms with Crippen molar-refractivity contribution in [2.45, 2.75) is 71.9 Å². The van der Waals surface area contributed by atoms with E-state index in [0.29, 0.717) is 30.8 Å². The molecule has 0 spiro atoms. The van der Waals surface area contributed by atoms with Crippen LogP contribution >= 0.6 is 0 Å². The molecule has 2 fully saturated rings. The molecular formula is C27H39N5O2. The molecule has 1 aromatic carbocycles. The van der Waals surface area contributed by atoms with Crippen molar-refractivity contribution in [1.82, 2.24) is 19.8 Å². The number of ketones is 1. The van der Waals surface area contributed by atoms with E-state index in [9.17, 15) is 9.59 Å². The van der Waals surface area contributed by atoms with E-state index in [1.165, 1.54) is 25.7 Å². The molecule has 0 atom stereocenters. The minimum Gasteiger partial charge on any atom is -0.362 e. The lowest BCUT2D eigenvalue weighted by atomic mass is 9.82. The predicted octanol–water partition coefficient (Wildman–Crippen LogP) is 4.06. The number of carbonyl (C=O) groups excluding carboxylic acids is 2. The molecule has 2 aromatic rings. The quantitative estimate of drug-likeness (QED) is 0.602. The van der Waals surface area contributed by atoms with E-state index in [4.69, 9.17) is 0 Å². The molecule has 0 radical (unpaired) electrons. The van der Waals surface area contributed by atoms with Crippen LogP contribution in [0.3, 0.4) is 0 Å². The number of nitrogens with zero attached hydrogens (tertiary/aromatic N) is 4. The second-order valence-electron chi connectivity index (χ2n) is 10.6. The molecule has 4 rings (SSSR count). The molecule has 1 aliphatic heterocycles. The number of anilines is 1. The fourth-order valence-corrected chi connectivity index (χ4v) is 5.60. The molecule has 2 aliphatic rings. The molecule has 1 N–H and O–H groups in total. The average molecular weight is 466 g/mol. The third-order valence-electron chi connectivity index (χ3n) is 7.56. The van der Waals surface area contributed by atoms with Crippen molar-refractivity contribution in [2.75, 3.05) is 31.5 Å². The summed E-state index contributed by atoms with van der Waals surface area (Å²) in [6, 6.07) is 6.99. The first-order valence-corrected chi connectivity index (χ1v) is 12.8. The molecule has 2 heterocycles. The maximum absolute atomic E-state index is 12.6. The number of fused-ring (bicyclic) bond motifs is 1. The number of aromatic nitrogens is 2. The molecule has 0 bridgehead atoms. The Morgan fingerprint density at radius 3 is 2.53 bits per heavy atom. The molecule has 7 nitrogen and oxygen atoms in total. The van der Waals surface area contributed by atoms with E-state index >= 15 is 0 Å². The van der Waals surface area contributed by atoms with Crippen LogP contribution in [-0.2, 0) is 9.59 Å². The van der Waals surface area contributed by atoms with E-state index in [1.54, 1.807) is 13.3 Å². The molecule has 7 heteroatoms. The van der Waals surface area contributed by atoms with Crippen LogP contribution in [0.5, 0.6) is 0 Å². The summed E-state index contributed by atoms with van der Waals surface area (Å²) in [4.78, 5) is 37.7. The van der Waals surface area contributed by atoms with Crippen LogP contribution in [0.15, 0.2) is 24.5 Å². The van der Waals surface area contributed by atoms with Crippen molar-refractivity contribution in [2.24, 2.45) is 11.8 Å². The second-order valence-corrected chi connectivity index (χ2v) is 10.6. The molecule has 1 amide bonds. The summed E-state index contributed by atoms with van der Waals surface area (Å²) in [5.74, 6) is 2.24. The van der Waals surface area contributed by atoms with Gasteiger partial charge in [0.2, 0.25) is 5.91 Å². The van der Waals surface area contributed by atoms with Crippen LogP contribution in [0, 0.1) is 18.8 Å². The Labute approximate surface area is 203 Å². The molecule has 34 heavy (non-hydrogen) atoms. The highest BCUT2D eigenvalue weighted by Gasteiger charge is 2.35. The fraction of sp³-hybridized carbons (Fsp3) is 0.630. The summed E-state index contributed by atoms with van der Waals surface area (Å²) >= 11 is 0. The number of hydrogen-bond acceptors (Lipinski definition) is 6. The lowest BCUT2D eigenvalue weighted by Gasteiger charge is -2.47. The van der Waals surface area contributed by atoms with Crippen molar-refractivity contribution in [3.63, 3.8) is 0 Å². The predicted molar refractivity (Wildman–Crippen MR) is 136 cm³/mol. The van der Waals surface area contributed by atoms with Crippen molar-refractivity contribution >= 4 is 28.4 Å². The number of rotatable bonds is 9. The third-order valence-corrected chi connectivity index (χ3v) is 7.56. The van der Waals surface area contributed by atoms with Crippen molar-refractivity contribution < 1.29 is 9.59 Å². The Morgan fingerprint density at radius 2 is 1.85 bits per heavy atom. The Morgan fingerprint density at radius 1 is 1.12 bits per heavy atom. The lowest BCUT2D eigenvalue weighted by molar-refractivity contribution is -0.131. The highest BCUT2D eigenvalue weighted by atomic mass is 16.2. The van der Waals surface area contributed by atoms with Gasteiger partial charge in [0, 0.05) is 50.4 Å². The molecule has 1 aromatic heterocycles. The Kier molecular flexibility index (Phi) is 7.81. The first-order chi connectivity index (χ1) is 16.3. The van der Waals surface area contributed by atoms with Crippen LogP contribution < -0.4 is 5.32 Å². The number of nitrogens with one attached hydrogen (secondary N) is 1. The van der Waals surface area contributed by atoms with Crippen LogP contribution in [0.1, 0.15) is 58.4 Å². The molecule has 1 aliphatic carbocycles. The SMILES string of the molecule is CC(=O)N(CC1CCC(N2CC(CC(=O)CNc3ncnc4ccc(C)cc34)C2)CC1)C(C)C. The average Bonchev–Trinajstić information content (AvgIpc) is 2.78. The minimum atomic E-state index is 0.185. The standard InChI is InChI=1S/C27H39N5O2/c1-18(2)32(20(4)33)16-21-6-8-23(9-7-21)31-14-22(15-31)12-24(34)13-28-27-25-11-19(3)5-10-26(25)29-17-30-27/h5,10-11,17-18,21-23H,6-9,12-16H2,1-4H3,(H,28,29,30). The minimum absolute atomic E-state index is 0.185. The number of carbonyl (C=O) groups is 2. The van der Waals surface area contributed by atoms with Gasteiger partial charge in [-0.3, -0.25) is 14.5 Å². The summed E-state index contributed by atoms with van der Waals surface area (Å²) in [5.41, 5.74) is 2.04. The van der Waals surface area contributed by atoms with Gasteiger partial charge < -0.3 is 10.2 Å². The number of hydrogen-bond donors (Lipinski definition) is 1. The number of amides is 1. The topological polar surface area (TPSA) is 78.4 Å². The first-order valence-electron chi connectivity index (χ1n) is 12.8. The van der Waals surface area contributed by atoms with E-state index in [1.807, 2.05) is 24.0 Å². The Balaban J connectivity index is 1.17. The van der Waals surface area contributed by atoms with Gasteiger partial charge in [0.1, 0.15) is 12.1 Å². The summed E-state index contributed by atoms with van der Waals surface area (Å²) in [5, 5.41) is 4.20. The summed E-state index contributed by atoms with van der Waals surface area (Å²) in [7, 11) is 0. The monoisotopic (exact) mass is 465 g/mol. The van der Waals surface area contributed by atoms with Gasteiger partial charge in [-0.25, -0.2) is 9.97 Å². The summed E-state index contributed by atoms with van der Waals surface area (Å²) < 4.78 is 0. The summed E-state index contributed by atoms with van der Waals surface area (Å²) in [6.45, 7) is 11.2. The normalized spacial score (nSPS) is 21.4. The van der Waals surface area contributed by atoms with Gasteiger partial charge in [0.15, 0.2) is 5.78 Å². The highest BCUT2D eigenvalue weighted by molar-refractivity contribution is 5.91. The van der Waals surface area contributed by atoms with Gasteiger partial charge in [-0.05, 0) is 70.4 Å². The number of likely N-dealkylation sites (tertiary alicyclic amines) is 1. The van der Waals surface area contributed by atoms with Crippen LogP contribution in [-0.4, -0.2) is 69.7 Å². The van der Waals surface area contributed by atoms with Crippen molar-refractivity contribution in [3.8, 4) is 0 Å². The van der Waals surface area contributed by atoms with E-state index in [0.717, 1.165) is 41.9 Å². The number of Topliss-reactive ketones (excluding diaryl/α,β-unsaturated/α-hetero) is 1. The molecule has 1 saturated carbocycles. The van der Waals surface area contributed by atoms with Gasteiger partial charge in [0.05, 0.1) is 12.1 Å². The van der Waals surface area contributed by atoms with Crippen LogP contribution in [0.4, 0.5) is 5.82 Å². The first kappa shape index (κ1) is 24.6. The van der Waals surface area contributed by atoms with Gasteiger partial charge in [-0.15, -0.1) is 0 Å². The maximum Gasteiger partial charge on any atom is 0.219 e. The zero-order valence-electron chi connectivity index (χ0n) is 21.1. The second kappa shape index (κ2) is 10.8. The lowest BCUT2D eigenvalue weighted by Crippen LogP contribution is -2.54. The molecule has 1 saturated heterocycles. The molecule has 184 valence electrons. The zero-order valence-corrected chi connectivity index (χ0v) is 21.1. The Bertz CT molecular complexity index is 1010. The van der Waals surface area contributed by atoms with Gasteiger partial charge in [-0.2, -0.15) is 0 Å². The van der Waals surface area contributed by atoms with Crippen LogP contribution in [0.2, 0.25) is 0 Å². The maximum atomic E-state index is 12.6. The van der Waals surface area contributed by atoms with Crippen molar-refractivity contribution in [3.05, 3.63) is 30.1 Å². The molecule has 0 unspecified atom stereocenters. The van der Waals surface area contributed by atoms with Gasteiger partial charge in [0.25, 0.3) is 0 Å². The Hall–Kier alpha value is -2.54. The van der Waals surface area contributed by atoms with Crippen LogP contribution in [0.25, 0.3) is 10.9 Å². The summed E-state index contributed by atoms with van der Waals surface area (Å²) in [6.07, 6.45) is 6.97. The smallest absolute Gasteiger partial charge is 0.219 e. The van der Waals surface area contributed by atoms with E-state index < -0.39 is 0 Å². The van der Waals surface area contributed by atoms with E-state index in [2.05, 4.69) is 40.1 Å². The van der Waals surface area contributed by atoms with E-state index in [-0.39, 0.29) is 17.7 Å².